The van der Waals surface area contributed by atoms with Gasteiger partial charge in [-0.25, -0.2) is 0 Å². The SMILES string of the molecule is NC(Cc1ccccc1)C(=O)NC(CC(=O)O)C1CC1. The molecule has 1 aromatic carbocycles. The number of carboxylic acid groups (broad SMARTS) is 1. The van der Waals surface area contributed by atoms with Crippen LogP contribution in [0.1, 0.15) is 24.8 Å². The minimum Gasteiger partial charge on any atom is -0.481 e. The first-order chi connectivity index (χ1) is 9.56. The van der Waals surface area contributed by atoms with Crippen LogP contribution in [0.25, 0.3) is 0 Å². The van der Waals surface area contributed by atoms with Crippen LogP contribution < -0.4 is 11.1 Å². The summed E-state index contributed by atoms with van der Waals surface area (Å²) in [5.41, 5.74) is 6.89. The van der Waals surface area contributed by atoms with Crippen molar-refractivity contribution in [1.29, 1.82) is 0 Å². The fraction of sp³-hybridized carbons (Fsp3) is 0.467. The van der Waals surface area contributed by atoms with Gasteiger partial charge in [-0.05, 0) is 30.7 Å². The fourth-order valence-electron chi connectivity index (χ4n) is 2.27. The lowest BCUT2D eigenvalue weighted by Gasteiger charge is -2.19. The molecule has 0 saturated heterocycles. The van der Waals surface area contributed by atoms with Crippen LogP contribution in [0.4, 0.5) is 0 Å². The lowest BCUT2D eigenvalue weighted by Crippen LogP contribution is -2.47. The molecule has 2 atom stereocenters. The smallest absolute Gasteiger partial charge is 0.305 e. The predicted molar refractivity (Wildman–Crippen MR) is 75.0 cm³/mol. The van der Waals surface area contributed by atoms with Gasteiger partial charge in [-0.3, -0.25) is 9.59 Å². The van der Waals surface area contributed by atoms with Gasteiger partial charge in [0.15, 0.2) is 0 Å². The van der Waals surface area contributed by atoms with E-state index in [4.69, 9.17) is 10.8 Å². The van der Waals surface area contributed by atoms with Gasteiger partial charge in [-0.2, -0.15) is 0 Å². The Bertz CT molecular complexity index is 471. The second-order valence-corrected chi connectivity index (χ2v) is 5.35. The number of aliphatic carboxylic acids is 1. The number of carbonyl (C=O) groups excluding carboxylic acids is 1. The Morgan fingerprint density at radius 3 is 2.50 bits per heavy atom. The van der Waals surface area contributed by atoms with Gasteiger partial charge >= 0.3 is 5.97 Å². The van der Waals surface area contributed by atoms with E-state index < -0.39 is 12.0 Å². The monoisotopic (exact) mass is 276 g/mol. The van der Waals surface area contributed by atoms with Gasteiger partial charge in [-0.15, -0.1) is 0 Å². The summed E-state index contributed by atoms with van der Waals surface area (Å²) in [6.07, 6.45) is 2.38. The molecule has 2 rings (SSSR count). The number of hydrogen-bond donors (Lipinski definition) is 3. The summed E-state index contributed by atoms with van der Waals surface area (Å²) in [4.78, 5) is 22.8. The molecular formula is C15H20N2O3. The second kappa shape index (κ2) is 6.52. The molecule has 0 heterocycles. The van der Waals surface area contributed by atoms with E-state index in [0.717, 1.165) is 18.4 Å². The number of nitrogens with one attached hydrogen (secondary N) is 1. The van der Waals surface area contributed by atoms with Crippen molar-refractivity contribution in [2.24, 2.45) is 11.7 Å². The van der Waals surface area contributed by atoms with Crippen LogP contribution in [0.15, 0.2) is 30.3 Å². The van der Waals surface area contributed by atoms with E-state index >= 15 is 0 Å². The molecule has 0 aliphatic heterocycles. The summed E-state index contributed by atoms with van der Waals surface area (Å²) in [5.74, 6) is -0.871. The van der Waals surface area contributed by atoms with Gasteiger partial charge in [0.1, 0.15) is 0 Å². The zero-order valence-electron chi connectivity index (χ0n) is 11.3. The quantitative estimate of drug-likeness (QED) is 0.690. The minimum atomic E-state index is -0.890. The van der Waals surface area contributed by atoms with Crippen LogP contribution in [-0.2, 0) is 16.0 Å². The maximum atomic E-state index is 12.0. The molecule has 5 nitrogen and oxygen atoms in total. The highest BCUT2D eigenvalue weighted by Crippen LogP contribution is 2.34. The van der Waals surface area contributed by atoms with Gasteiger partial charge in [-0.1, -0.05) is 30.3 Å². The molecule has 0 aromatic heterocycles. The second-order valence-electron chi connectivity index (χ2n) is 5.35. The van der Waals surface area contributed by atoms with Crippen LogP contribution in [0.3, 0.4) is 0 Å². The van der Waals surface area contributed by atoms with Crippen molar-refractivity contribution in [2.75, 3.05) is 0 Å². The van der Waals surface area contributed by atoms with E-state index in [1.165, 1.54) is 0 Å². The van der Waals surface area contributed by atoms with Crippen molar-refractivity contribution in [2.45, 2.75) is 37.8 Å². The third kappa shape index (κ3) is 4.35. The molecule has 0 bridgehead atoms. The number of benzene rings is 1. The number of nitrogens with two attached hydrogens (primary N) is 1. The number of carbonyl (C=O) groups is 2. The van der Waals surface area contributed by atoms with Crippen molar-refractivity contribution in [3.63, 3.8) is 0 Å². The third-order valence-electron chi connectivity index (χ3n) is 3.55. The van der Waals surface area contributed by atoms with Gasteiger partial charge in [0, 0.05) is 6.04 Å². The lowest BCUT2D eigenvalue weighted by molar-refractivity contribution is -0.138. The van der Waals surface area contributed by atoms with E-state index in [1.54, 1.807) is 0 Å². The zero-order valence-corrected chi connectivity index (χ0v) is 11.3. The molecule has 1 aromatic rings. The minimum absolute atomic E-state index is 0.0333. The molecule has 1 aliphatic rings. The summed E-state index contributed by atoms with van der Waals surface area (Å²) in [5, 5.41) is 11.7. The van der Waals surface area contributed by atoms with Gasteiger partial charge in [0.2, 0.25) is 5.91 Å². The van der Waals surface area contributed by atoms with Crippen LogP contribution in [0.5, 0.6) is 0 Å². The summed E-state index contributed by atoms with van der Waals surface area (Å²) in [7, 11) is 0. The molecule has 108 valence electrons. The van der Waals surface area contributed by atoms with Crippen molar-refractivity contribution in [1.82, 2.24) is 5.32 Å². The van der Waals surface area contributed by atoms with E-state index in [0.29, 0.717) is 12.3 Å². The normalized spacial score (nSPS) is 17.2. The van der Waals surface area contributed by atoms with E-state index in [1.807, 2.05) is 30.3 Å². The number of hydrogen-bond acceptors (Lipinski definition) is 3. The van der Waals surface area contributed by atoms with Crippen molar-refractivity contribution >= 4 is 11.9 Å². The molecule has 2 unspecified atom stereocenters. The Balaban J connectivity index is 1.87. The van der Waals surface area contributed by atoms with Crippen molar-refractivity contribution in [3.05, 3.63) is 35.9 Å². The predicted octanol–water partition coefficient (Wildman–Crippen LogP) is 0.926. The first kappa shape index (κ1) is 14.5. The first-order valence-corrected chi connectivity index (χ1v) is 6.88. The molecular weight excluding hydrogens is 256 g/mol. The molecule has 1 amide bonds. The number of rotatable bonds is 7. The summed E-state index contributed by atoms with van der Waals surface area (Å²) in [6.45, 7) is 0. The Labute approximate surface area is 118 Å². The number of amides is 1. The summed E-state index contributed by atoms with van der Waals surface area (Å²) >= 11 is 0. The van der Waals surface area contributed by atoms with Gasteiger partial charge in [0.05, 0.1) is 12.5 Å². The first-order valence-electron chi connectivity index (χ1n) is 6.88. The summed E-state index contributed by atoms with van der Waals surface area (Å²) in [6, 6.07) is 8.61. The Hall–Kier alpha value is -1.88. The average molecular weight is 276 g/mol. The molecule has 1 saturated carbocycles. The zero-order chi connectivity index (χ0) is 14.5. The highest BCUT2D eigenvalue weighted by molar-refractivity contribution is 5.82. The number of carboxylic acids is 1. The highest BCUT2D eigenvalue weighted by atomic mass is 16.4. The van der Waals surface area contributed by atoms with Crippen LogP contribution >= 0.6 is 0 Å². The van der Waals surface area contributed by atoms with Gasteiger partial charge in [0.25, 0.3) is 0 Å². The molecule has 0 radical (unpaired) electrons. The maximum absolute atomic E-state index is 12.0. The van der Waals surface area contributed by atoms with Crippen LogP contribution in [-0.4, -0.2) is 29.1 Å². The topological polar surface area (TPSA) is 92.4 Å². The molecule has 20 heavy (non-hydrogen) atoms. The molecule has 1 fully saturated rings. The van der Waals surface area contributed by atoms with Gasteiger partial charge < -0.3 is 16.2 Å². The largest absolute Gasteiger partial charge is 0.481 e. The molecule has 4 N–H and O–H groups in total. The van der Waals surface area contributed by atoms with E-state index in [9.17, 15) is 9.59 Å². The third-order valence-corrected chi connectivity index (χ3v) is 3.55. The van der Waals surface area contributed by atoms with E-state index in [-0.39, 0.29) is 18.4 Å². The fourth-order valence-corrected chi connectivity index (χ4v) is 2.27. The molecule has 0 spiro atoms. The Kier molecular flexibility index (Phi) is 4.74. The Morgan fingerprint density at radius 2 is 1.95 bits per heavy atom. The summed E-state index contributed by atoms with van der Waals surface area (Å²) < 4.78 is 0. The standard InChI is InChI=1S/C15H20N2O3/c16-12(8-10-4-2-1-3-5-10)15(20)17-13(9-14(18)19)11-6-7-11/h1-5,11-13H,6-9,16H2,(H,17,20)(H,18,19). The Morgan fingerprint density at radius 1 is 1.30 bits per heavy atom. The molecule has 5 heteroatoms. The molecule has 1 aliphatic carbocycles. The van der Waals surface area contributed by atoms with Crippen LogP contribution in [0.2, 0.25) is 0 Å². The maximum Gasteiger partial charge on any atom is 0.305 e. The highest BCUT2D eigenvalue weighted by Gasteiger charge is 2.34. The lowest BCUT2D eigenvalue weighted by atomic mass is 10.0. The van der Waals surface area contributed by atoms with Crippen LogP contribution in [0, 0.1) is 5.92 Å². The van der Waals surface area contributed by atoms with Crippen molar-refractivity contribution < 1.29 is 14.7 Å². The van der Waals surface area contributed by atoms with E-state index in [2.05, 4.69) is 5.32 Å². The van der Waals surface area contributed by atoms with Crippen molar-refractivity contribution in [3.8, 4) is 0 Å². The average Bonchev–Trinajstić information content (AvgIpc) is 3.22.